The van der Waals surface area contributed by atoms with Gasteiger partial charge < -0.3 is 10.1 Å². The van der Waals surface area contributed by atoms with E-state index in [1.54, 1.807) is 19.1 Å². The molecule has 0 aromatic carbocycles. The first-order valence-electron chi connectivity index (χ1n) is 7.84. The van der Waals surface area contributed by atoms with E-state index >= 15 is 0 Å². The lowest BCUT2D eigenvalue weighted by Crippen LogP contribution is -2.48. The number of halogens is 1. The molecule has 2 heterocycles. The number of ether oxygens (including phenoxy) is 1. The Kier molecular flexibility index (Phi) is 6.36. The van der Waals surface area contributed by atoms with Crippen molar-refractivity contribution < 1.29 is 14.3 Å². The van der Waals surface area contributed by atoms with E-state index in [2.05, 4.69) is 10.3 Å². The molecular weight excluding hydrogens is 318 g/mol. The number of rotatable bonds is 5. The standard InChI is InChI=1S/C16H22ClN3O3/c1-3-23-16(22)12-5-4-8-20(10-12)11(2)15(21)19-14-7-6-13(17)9-18-14/h6-7,9,11-12H,3-5,8,10H2,1-2H3,(H,18,19,21)/t11-,12+/m1/s1. The molecule has 0 spiro atoms. The number of pyridine rings is 1. The third-order valence-corrected chi connectivity index (χ3v) is 4.20. The Morgan fingerprint density at radius 2 is 2.30 bits per heavy atom. The topological polar surface area (TPSA) is 71.5 Å². The Bertz CT molecular complexity index is 550. The minimum atomic E-state index is -0.343. The van der Waals surface area contributed by atoms with Gasteiger partial charge in [0.15, 0.2) is 0 Å². The van der Waals surface area contributed by atoms with Crippen LogP contribution in [0.15, 0.2) is 18.3 Å². The molecule has 0 saturated carbocycles. The molecule has 126 valence electrons. The normalized spacial score (nSPS) is 19.9. The van der Waals surface area contributed by atoms with Crippen molar-refractivity contribution in [1.82, 2.24) is 9.88 Å². The van der Waals surface area contributed by atoms with Gasteiger partial charge in [-0.3, -0.25) is 14.5 Å². The van der Waals surface area contributed by atoms with Crippen molar-refractivity contribution in [2.24, 2.45) is 5.92 Å². The molecule has 1 aromatic heterocycles. The third-order valence-electron chi connectivity index (χ3n) is 3.98. The predicted octanol–water partition coefficient (Wildman–Crippen LogP) is 2.34. The summed E-state index contributed by atoms with van der Waals surface area (Å²) in [7, 11) is 0. The van der Waals surface area contributed by atoms with Gasteiger partial charge in [0.1, 0.15) is 5.82 Å². The maximum Gasteiger partial charge on any atom is 0.310 e. The van der Waals surface area contributed by atoms with E-state index < -0.39 is 0 Å². The van der Waals surface area contributed by atoms with Crippen LogP contribution >= 0.6 is 11.6 Å². The summed E-state index contributed by atoms with van der Waals surface area (Å²) >= 11 is 5.78. The molecular formula is C16H22ClN3O3. The number of likely N-dealkylation sites (tertiary alicyclic amines) is 1. The quantitative estimate of drug-likeness (QED) is 0.834. The van der Waals surface area contributed by atoms with Gasteiger partial charge in [-0.25, -0.2) is 4.98 Å². The summed E-state index contributed by atoms with van der Waals surface area (Å²) in [4.78, 5) is 30.3. The summed E-state index contributed by atoms with van der Waals surface area (Å²) in [6, 6.07) is 2.99. The largest absolute Gasteiger partial charge is 0.466 e. The fourth-order valence-corrected chi connectivity index (χ4v) is 2.77. The Hall–Kier alpha value is -1.66. The van der Waals surface area contributed by atoms with Gasteiger partial charge in [-0.1, -0.05) is 11.6 Å². The van der Waals surface area contributed by atoms with Gasteiger partial charge in [0.25, 0.3) is 0 Å². The molecule has 1 amide bonds. The van der Waals surface area contributed by atoms with E-state index in [9.17, 15) is 9.59 Å². The molecule has 0 bridgehead atoms. The molecule has 23 heavy (non-hydrogen) atoms. The molecule has 2 rings (SSSR count). The molecule has 1 saturated heterocycles. The molecule has 6 nitrogen and oxygen atoms in total. The van der Waals surface area contributed by atoms with Gasteiger partial charge in [-0.2, -0.15) is 0 Å². The van der Waals surface area contributed by atoms with Crippen LogP contribution in [0.2, 0.25) is 5.02 Å². The minimum absolute atomic E-state index is 0.149. The number of nitrogens with one attached hydrogen (secondary N) is 1. The van der Waals surface area contributed by atoms with Crippen LogP contribution in [-0.2, 0) is 14.3 Å². The number of hydrogen-bond donors (Lipinski definition) is 1. The molecule has 2 atom stereocenters. The van der Waals surface area contributed by atoms with Gasteiger partial charge in [0, 0.05) is 12.7 Å². The van der Waals surface area contributed by atoms with Crippen LogP contribution < -0.4 is 5.32 Å². The third kappa shape index (κ3) is 4.91. The Morgan fingerprint density at radius 3 is 2.96 bits per heavy atom. The molecule has 1 N–H and O–H groups in total. The maximum absolute atomic E-state index is 12.4. The lowest BCUT2D eigenvalue weighted by molar-refractivity contribution is -0.150. The van der Waals surface area contributed by atoms with Crippen LogP contribution in [0.3, 0.4) is 0 Å². The molecule has 7 heteroatoms. The number of piperidine rings is 1. The molecule has 0 radical (unpaired) electrons. The fraction of sp³-hybridized carbons (Fsp3) is 0.562. The van der Waals surface area contributed by atoms with Crippen LogP contribution in [0.25, 0.3) is 0 Å². The van der Waals surface area contributed by atoms with Gasteiger partial charge in [-0.05, 0) is 45.4 Å². The van der Waals surface area contributed by atoms with E-state index in [0.717, 1.165) is 19.4 Å². The number of hydrogen-bond acceptors (Lipinski definition) is 5. The van der Waals surface area contributed by atoms with Crippen molar-refractivity contribution in [2.45, 2.75) is 32.7 Å². The Labute approximate surface area is 141 Å². The zero-order valence-corrected chi connectivity index (χ0v) is 14.2. The highest BCUT2D eigenvalue weighted by atomic mass is 35.5. The second kappa shape index (κ2) is 8.26. The van der Waals surface area contributed by atoms with Crippen LogP contribution in [0.1, 0.15) is 26.7 Å². The average molecular weight is 340 g/mol. The molecule has 0 unspecified atom stereocenters. The summed E-state index contributed by atoms with van der Waals surface area (Å²) in [5.41, 5.74) is 0. The smallest absolute Gasteiger partial charge is 0.310 e. The molecule has 1 fully saturated rings. The summed E-state index contributed by atoms with van der Waals surface area (Å²) in [6.07, 6.45) is 3.17. The lowest BCUT2D eigenvalue weighted by atomic mass is 9.97. The van der Waals surface area contributed by atoms with E-state index in [0.29, 0.717) is 24.0 Å². The van der Waals surface area contributed by atoms with Crippen molar-refractivity contribution >= 4 is 29.3 Å². The van der Waals surface area contributed by atoms with E-state index in [4.69, 9.17) is 16.3 Å². The Balaban J connectivity index is 1.93. The molecule has 1 aromatic rings. The number of nitrogens with zero attached hydrogens (tertiary/aromatic N) is 2. The van der Waals surface area contributed by atoms with Crippen LogP contribution in [0, 0.1) is 5.92 Å². The first-order chi connectivity index (χ1) is 11.0. The number of anilines is 1. The fourth-order valence-electron chi connectivity index (χ4n) is 2.66. The highest BCUT2D eigenvalue weighted by Gasteiger charge is 2.31. The van der Waals surface area contributed by atoms with Crippen molar-refractivity contribution in [3.63, 3.8) is 0 Å². The molecule has 0 aliphatic carbocycles. The van der Waals surface area contributed by atoms with Crippen molar-refractivity contribution in [1.29, 1.82) is 0 Å². The van der Waals surface area contributed by atoms with E-state index in [1.807, 2.05) is 11.8 Å². The van der Waals surface area contributed by atoms with Gasteiger partial charge >= 0.3 is 5.97 Å². The molecule has 1 aliphatic rings. The number of carbonyl (C=O) groups excluding carboxylic acids is 2. The maximum atomic E-state index is 12.4. The number of esters is 1. The van der Waals surface area contributed by atoms with Crippen LogP contribution in [-0.4, -0.2) is 47.5 Å². The summed E-state index contributed by atoms with van der Waals surface area (Å²) in [5, 5.41) is 3.29. The monoisotopic (exact) mass is 339 g/mol. The first kappa shape index (κ1) is 17.7. The minimum Gasteiger partial charge on any atom is -0.466 e. The second-order valence-electron chi connectivity index (χ2n) is 5.61. The highest BCUT2D eigenvalue weighted by Crippen LogP contribution is 2.20. The second-order valence-corrected chi connectivity index (χ2v) is 6.05. The van der Waals surface area contributed by atoms with E-state index in [-0.39, 0.29) is 23.8 Å². The summed E-state index contributed by atoms with van der Waals surface area (Å²) in [5.74, 6) is -0.0219. The highest BCUT2D eigenvalue weighted by molar-refractivity contribution is 6.30. The van der Waals surface area contributed by atoms with Crippen molar-refractivity contribution in [3.05, 3.63) is 23.4 Å². The summed E-state index contributed by atoms with van der Waals surface area (Å²) in [6.45, 7) is 5.35. The zero-order valence-electron chi connectivity index (χ0n) is 13.4. The van der Waals surface area contributed by atoms with Crippen molar-refractivity contribution in [2.75, 3.05) is 25.0 Å². The number of aromatic nitrogens is 1. The van der Waals surface area contributed by atoms with Gasteiger partial charge in [0.2, 0.25) is 5.91 Å². The number of carbonyl (C=O) groups is 2. The molecule has 1 aliphatic heterocycles. The number of amides is 1. The predicted molar refractivity (Wildman–Crippen MR) is 88.3 cm³/mol. The van der Waals surface area contributed by atoms with Gasteiger partial charge in [-0.15, -0.1) is 0 Å². The SMILES string of the molecule is CCOC(=O)[C@H]1CCCN([C@H](C)C(=O)Nc2ccc(Cl)cn2)C1. The van der Waals surface area contributed by atoms with E-state index in [1.165, 1.54) is 6.20 Å². The average Bonchev–Trinajstić information content (AvgIpc) is 2.56. The zero-order chi connectivity index (χ0) is 16.8. The first-order valence-corrected chi connectivity index (χ1v) is 8.22. The summed E-state index contributed by atoms with van der Waals surface area (Å²) < 4.78 is 5.09. The van der Waals surface area contributed by atoms with Crippen molar-refractivity contribution in [3.8, 4) is 0 Å². The Morgan fingerprint density at radius 1 is 1.52 bits per heavy atom. The lowest BCUT2D eigenvalue weighted by Gasteiger charge is -2.34. The van der Waals surface area contributed by atoms with Gasteiger partial charge in [0.05, 0.1) is 23.6 Å². The van der Waals surface area contributed by atoms with Crippen LogP contribution in [0.5, 0.6) is 0 Å². The van der Waals surface area contributed by atoms with Crippen LogP contribution in [0.4, 0.5) is 5.82 Å².